The van der Waals surface area contributed by atoms with Crippen molar-refractivity contribution in [3.63, 3.8) is 0 Å². The number of hydrogen-bond acceptors (Lipinski definition) is 6. The van der Waals surface area contributed by atoms with Gasteiger partial charge in [-0.05, 0) is 50.1 Å². The summed E-state index contributed by atoms with van der Waals surface area (Å²) in [6.45, 7) is 4.98. The Hall–Kier alpha value is -3.55. The Labute approximate surface area is 167 Å². The van der Waals surface area contributed by atoms with Gasteiger partial charge in [-0.2, -0.15) is 0 Å². The van der Waals surface area contributed by atoms with Crippen LogP contribution in [0.3, 0.4) is 0 Å². The lowest BCUT2D eigenvalue weighted by molar-refractivity contribution is -0.385. The number of nitro benzene ring substituents is 1. The van der Waals surface area contributed by atoms with Crippen molar-refractivity contribution in [2.45, 2.75) is 33.3 Å². The zero-order valence-electron chi connectivity index (χ0n) is 16.3. The van der Waals surface area contributed by atoms with Crippen molar-refractivity contribution in [1.29, 1.82) is 0 Å². The second-order valence-electron chi connectivity index (χ2n) is 6.88. The van der Waals surface area contributed by atoms with Crippen LogP contribution in [0.15, 0.2) is 36.4 Å². The summed E-state index contributed by atoms with van der Waals surface area (Å²) in [4.78, 5) is 48.9. The average molecular weight is 396 g/mol. The molecule has 1 aliphatic rings. The lowest BCUT2D eigenvalue weighted by atomic mass is 10.0. The third-order valence-electron chi connectivity index (χ3n) is 5.01. The molecule has 1 heterocycles. The lowest BCUT2D eigenvalue weighted by Crippen LogP contribution is -2.26. The molecule has 0 N–H and O–H groups in total. The molecule has 150 valence electrons. The van der Waals surface area contributed by atoms with Crippen LogP contribution in [-0.4, -0.2) is 35.2 Å². The predicted molar refractivity (Wildman–Crippen MR) is 105 cm³/mol. The van der Waals surface area contributed by atoms with Crippen molar-refractivity contribution in [3.05, 3.63) is 68.8 Å². The summed E-state index contributed by atoms with van der Waals surface area (Å²) in [5.41, 5.74) is 2.09. The van der Waals surface area contributed by atoms with E-state index in [1.807, 2.05) is 0 Å². The Morgan fingerprint density at radius 1 is 1.21 bits per heavy atom. The molecular weight excluding hydrogens is 376 g/mol. The first-order chi connectivity index (χ1) is 13.7. The first kappa shape index (κ1) is 20.2. The predicted octanol–water partition coefficient (Wildman–Crippen LogP) is 3.24. The largest absolute Gasteiger partial charge is 0.451 e. The van der Waals surface area contributed by atoms with Crippen LogP contribution in [0.4, 0.5) is 11.4 Å². The number of carbonyl (C=O) groups is 3. The van der Waals surface area contributed by atoms with Crippen LogP contribution in [0.5, 0.6) is 0 Å². The van der Waals surface area contributed by atoms with Crippen LogP contribution >= 0.6 is 0 Å². The molecule has 0 fully saturated rings. The first-order valence-electron chi connectivity index (χ1n) is 9.11. The monoisotopic (exact) mass is 396 g/mol. The number of benzene rings is 2. The molecule has 2 aromatic carbocycles. The van der Waals surface area contributed by atoms with E-state index in [2.05, 4.69) is 0 Å². The molecule has 1 unspecified atom stereocenters. The van der Waals surface area contributed by atoms with Crippen LogP contribution < -0.4 is 4.90 Å². The van der Waals surface area contributed by atoms with Gasteiger partial charge < -0.3 is 9.64 Å². The summed E-state index contributed by atoms with van der Waals surface area (Å²) in [5, 5.41) is 11.0. The minimum atomic E-state index is -1.07. The number of carbonyl (C=O) groups excluding carboxylic acids is 3. The summed E-state index contributed by atoms with van der Waals surface area (Å²) in [6, 6.07) is 9.16. The molecule has 0 saturated heterocycles. The molecule has 8 nitrogen and oxygen atoms in total. The van der Waals surface area contributed by atoms with Gasteiger partial charge >= 0.3 is 5.97 Å². The number of ether oxygens (including phenoxy) is 1. The summed E-state index contributed by atoms with van der Waals surface area (Å²) in [6.07, 6.45) is -0.415. The number of nitrogens with zero attached hydrogens (tertiary/aromatic N) is 2. The minimum absolute atomic E-state index is 0.0462. The number of rotatable bonds is 5. The van der Waals surface area contributed by atoms with Crippen molar-refractivity contribution >= 4 is 29.0 Å². The zero-order valence-corrected chi connectivity index (χ0v) is 16.3. The SMILES string of the molecule is CC(=O)N1CCc2cc(C(=O)C(C)OC(=O)c3cccc([N+](=O)[O-])c3C)ccc21. The van der Waals surface area contributed by atoms with E-state index < -0.39 is 17.0 Å². The Kier molecular flexibility index (Phi) is 5.45. The van der Waals surface area contributed by atoms with Gasteiger partial charge in [-0.25, -0.2) is 4.79 Å². The molecule has 8 heteroatoms. The number of ketones is 1. The molecule has 0 aromatic heterocycles. The first-order valence-corrected chi connectivity index (χ1v) is 9.11. The topological polar surface area (TPSA) is 107 Å². The maximum Gasteiger partial charge on any atom is 0.339 e. The van der Waals surface area contributed by atoms with Gasteiger partial charge in [0.05, 0.1) is 10.5 Å². The molecule has 0 spiro atoms. The quantitative estimate of drug-likeness (QED) is 0.332. The maximum absolute atomic E-state index is 12.7. The number of hydrogen-bond donors (Lipinski definition) is 0. The third kappa shape index (κ3) is 3.87. The molecule has 29 heavy (non-hydrogen) atoms. The van der Waals surface area contributed by atoms with E-state index in [1.54, 1.807) is 23.1 Å². The van der Waals surface area contributed by atoms with E-state index in [9.17, 15) is 24.5 Å². The molecular formula is C21H20N2O6. The number of esters is 1. The third-order valence-corrected chi connectivity index (χ3v) is 5.01. The minimum Gasteiger partial charge on any atom is -0.451 e. The number of amides is 1. The van der Waals surface area contributed by atoms with Gasteiger partial charge in [-0.1, -0.05) is 6.07 Å². The fraction of sp³-hybridized carbons (Fsp3) is 0.286. The normalized spacial score (nSPS) is 13.6. The smallest absolute Gasteiger partial charge is 0.339 e. The van der Waals surface area contributed by atoms with Gasteiger partial charge in [0.15, 0.2) is 6.10 Å². The van der Waals surface area contributed by atoms with Gasteiger partial charge in [0.25, 0.3) is 5.69 Å². The highest BCUT2D eigenvalue weighted by molar-refractivity contribution is 6.03. The summed E-state index contributed by atoms with van der Waals surface area (Å²) in [5.74, 6) is -1.24. The fourth-order valence-corrected chi connectivity index (χ4v) is 3.44. The second kappa shape index (κ2) is 7.83. The van der Waals surface area contributed by atoms with Gasteiger partial charge in [0, 0.05) is 36.3 Å². The van der Waals surface area contributed by atoms with Crippen molar-refractivity contribution in [2.75, 3.05) is 11.4 Å². The standard InChI is InChI=1S/C21H20N2O6/c1-12-17(5-4-6-18(12)23(27)28)21(26)29-13(2)20(25)16-7-8-19-15(11-16)9-10-22(19)14(3)24/h4-8,11,13H,9-10H2,1-3H3. The number of fused-ring (bicyclic) bond motifs is 1. The van der Waals surface area contributed by atoms with Crippen molar-refractivity contribution in [1.82, 2.24) is 0 Å². The van der Waals surface area contributed by atoms with Crippen LogP contribution in [0.1, 0.15) is 45.7 Å². The number of nitro groups is 1. The highest BCUT2D eigenvalue weighted by atomic mass is 16.6. The molecule has 0 saturated carbocycles. The Balaban J connectivity index is 1.77. The Bertz CT molecular complexity index is 1030. The van der Waals surface area contributed by atoms with E-state index in [4.69, 9.17) is 4.74 Å². The summed E-state index contributed by atoms with van der Waals surface area (Å²) < 4.78 is 5.27. The van der Waals surface area contributed by atoms with Gasteiger partial charge in [-0.3, -0.25) is 19.7 Å². The molecule has 1 aliphatic heterocycles. The van der Waals surface area contributed by atoms with Gasteiger partial charge in [0.1, 0.15) is 0 Å². The van der Waals surface area contributed by atoms with Crippen molar-refractivity contribution in [2.24, 2.45) is 0 Å². The van der Waals surface area contributed by atoms with Crippen LogP contribution in [0.25, 0.3) is 0 Å². The highest BCUT2D eigenvalue weighted by Gasteiger charge is 2.27. The lowest BCUT2D eigenvalue weighted by Gasteiger charge is -2.16. The van der Waals surface area contributed by atoms with Crippen LogP contribution in [-0.2, 0) is 16.0 Å². The van der Waals surface area contributed by atoms with E-state index in [0.717, 1.165) is 11.3 Å². The molecule has 1 amide bonds. The van der Waals surface area contributed by atoms with Gasteiger partial charge in [-0.15, -0.1) is 0 Å². The summed E-state index contributed by atoms with van der Waals surface area (Å²) in [7, 11) is 0. The molecule has 0 radical (unpaired) electrons. The van der Waals surface area contributed by atoms with Crippen molar-refractivity contribution in [3.8, 4) is 0 Å². The molecule has 3 rings (SSSR count). The summed E-state index contributed by atoms with van der Waals surface area (Å²) >= 11 is 0. The molecule has 0 aliphatic carbocycles. The highest BCUT2D eigenvalue weighted by Crippen LogP contribution is 2.29. The number of Topliss-reactive ketones (excluding diaryl/α,β-unsaturated/α-hetero) is 1. The van der Waals surface area contributed by atoms with E-state index in [-0.39, 0.29) is 28.5 Å². The van der Waals surface area contributed by atoms with Gasteiger partial charge in [0.2, 0.25) is 11.7 Å². The fourth-order valence-electron chi connectivity index (χ4n) is 3.44. The zero-order chi connectivity index (χ0) is 21.3. The molecule has 0 bridgehead atoms. The second-order valence-corrected chi connectivity index (χ2v) is 6.88. The van der Waals surface area contributed by atoms with E-state index in [0.29, 0.717) is 18.5 Å². The molecule has 2 aromatic rings. The van der Waals surface area contributed by atoms with E-state index in [1.165, 1.54) is 39.0 Å². The van der Waals surface area contributed by atoms with Crippen molar-refractivity contribution < 1.29 is 24.0 Å². The number of anilines is 1. The Morgan fingerprint density at radius 2 is 1.93 bits per heavy atom. The van der Waals surface area contributed by atoms with Crippen LogP contribution in [0.2, 0.25) is 0 Å². The molecule has 1 atom stereocenters. The average Bonchev–Trinajstić information content (AvgIpc) is 3.10. The maximum atomic E-state index is 12.7. The Morgan fingerprint density at radius 3 is 2.59 bits per heavy atom. The van der Waals surface area contributed by atoms with E-state index >= 15 is 0 Å². The van der Waals surface area contributed by atoms with Crippen LogP contribution in [0, 0.1) is 17.0 Å².